The molecule has 140 valence electrons. The Balaban J connectivity index is 2.28. The Labute approximate surface area is 160 Å². The van der Waals surface area contributed by atoms with E-state index in [1.807, 2.05) is 43.3 Å². The zero-order chi connectivity index (χ0) is 19.5. The van der Waals surface area contributed by atoms with Gasteiger partial charge in [-0.15, -0.1) is 0 Å². The number of hydrogen-bond acceptors (Lipinski definition) is 4. The van der Waals surface area contributed by atoms with Crippen molar-refractivity contribution in [3.8, 4) is 0 Å². The van der Waals surface area contributed by atoms with Crippen molar-refractivity contribution in [2.75, 3.05) is 0 Å². The minimum Gasteiger partial charge on any atom is -0.321 e. The minimum absolute atomic E-state index is 0.227. The molecule has 5 heteroatoms. The quantitative estimate of drug-likeness (QED) is 0.685. The molecule has 2 atom stereocenters. The molecule has 4 nitrogen and oxygen atoms in total. The number of nitrogens with two attached hydrogens (primary N) is 2. The largest absolute Gasteiger partial charge is 0.321 e. The number of aryl methyl sites for hydroxylation is 1. The fraction of sp³-hybridized carbons (Fsp3) is 0.182. The first-order valence-electron chi connectivity index (χ1n) is 8.90. The van der Waals surface area contributed by atoms with Gasteiger partial charge in [0.05, 0.1) is 10.9 Å². The van der Waals surface area contributed by atoms with Crippen molar-refractivity contribution >= 4 is 9.84 Å². The molecule has 3 aromatic carbocycles. The van der Waals surface area contributed by atoms with Crippen LogP contribution in [0.5, 0.6) is 0 Å². The van der Waals surface area contributed by atoms with E-state index < -0.39 is 20.8 Å². The highest BCUT2D eigenvalue weighted by atomic mass is 32.2. The van der Waals surface area contributed by atoms with Gasteiger partial charge < -0.3 is 11.5 Å². The van der Waals surface area contributed by atoms with Gasteiger partial charge in [-0.25, -0.2) is 8.42 Å². The second kappa shape index (κ2) is 7.64. The van der Waals surface area contributed by atoms with E-state index in [2.05, 4.69) is 0 Å². The topological polar surface area (TPSA) is 86.2 Å². The zero-order valence-electron chi connectivity index (χ0n) is 15.2. The summed E-state index contributed by atoms with van der Waals surface area (Å²) in [5.74, 6) is 0. The molecule has 0 heterocycles. The molecule has 2 unspecified atom stereocenters. The second-order valence-electron chi connectivity index (χ2n) is 6.51. The van der Waals surface area contributed by atoms with Crippen LogP contribution in [0.2, 0.25) is 0 Å². The maximum atomic E-state index is 13.8. The van der Waals surface area contributed by atoms with E-state index in [1.54, 1.807) is 48.5 Å². The summed E-state index contributed by atoms with van der Waals surface area (Å²) in [6, 6.07) is 23.9. The first-order chi connectivity index (χ1) is 12.9. The number of hydrogen-bond donors (Lipinski definition) is 2. The molecule has 0 aliphatic rings. The Morgan fingerprint density at radius 2 is 1.37 bits per heavy atom. The lowest BCUT2D eigenvalue weighted by molar-refractivity contribution is 0.461. The summed E-state index contributed by atoms with van der Waals surface area (Å²) in [6.45, 7) is 1.92. The van der Waals surface area contributed by atoms with Crippen molar-refractivity contribution < 1.29 is 8.42 Å². The second-order valence-corrected chi connectivity index (χ2v) is 8.63. The van der Waals surface area contributed by atoms with Crippen LogP contribution < -0.4 is 11.5 Å². The average Bonchev–Trinajstić information content (AvgIpc) is 2.73. The minimum atomic E-state index is -3.99. The SMILES string of the molecule is CCc1ccccc1S(=O)(=O)C(N)(c1ccccc1)C(N)c1ccccc1. The summed E-state index contributed by atoms with van der Waals surface area (Å²) in [4.78, 5) is -1.58. The maximum absolute atomic E-state index is 13.8. The molecule has 0 aliphatic carbocycles. The van der Waals surface area contributed by atoms with Gasteiger partial charge in [-0.2, -0.15) is 0 Å². The van der Waals surface area contributed by atoms with Crippen molar-refractivity contribution in [2.24, 2.45) is 11.5 Å². The van der Waals surface area contributed by atoms with E-state index in [4.69, 9.17) is 11.5 Å². The highest BCUT2D eigenvalue weighted by Crippen LogP contribution is 2.40. The fourth-order valence-corrected chi connectivity index (χ4v) is 5.44. The molecular formula is C22H24N2O2S. The third kappa shape index (κ3) is 3.30. The molecule has 0 aliphatic heterocycles. The van der Waals surface area contributed by atoms with Gasteiger partial charge in [0.2, 0.25) is 9.84 Å². The lowest BCUT2D eigenvalue weighted by atomic mass is 9.94. The van der Waals surface area contributed by atoms with Crippen LogP contribution in [0.15, 0.2) is 89.8 Å². The van der Waals surface area contributed by atoms with Gasteiger partial charge in [0, 0.05) is 0 Å². The van der Waals surface area contributed by atoms with Gasteiger partial charge in [-0.1, -0.05) is 85.8 Å². The highest BCUT2D eigenvalue weighted by Gasteiger charge is 2.49. The lowest BCUT2D eigenvalue weighted by Gasteiger charge is -2.36. The third-order valence-corrected chi connectivity index (χ3v) is 7.29. The molecule has 0 amide bonds. The van der Waals surface area contributed by atoms with Crippen molar-refractivity contribution in [1.82, 2.24) is 0 Å². The molecule has 0 saturated carbocycles. The number of rotatable bonds is 6. The lowest BCUT2D eigenvalue weighted by Crippen LogP contribution is -2.53. The fourth-order valence-electron chi connectivity index (χ4n) is 3.35. The molecule has 4 N–H and O–H groups in total. The van der Waals surface area contributed by atoms with Gasteiger partial charge >= 0.3 is 0 Å². The van der Waals surface area contributed by atoms with E-state index in [-0.39, 0.29) is 4.90 Å². The van der Waals surface area contributed by atoms with E-state index in [1.165, 1.54) is 0 Å². The predicted molar refractivity (Wildman–Crippen MR) is 109 cm³/mol. The van der Waals surface area contributed by atoms with E-state index >= 15 is 0 Å². The first kappa shape index (κ1) is 19.3. The van der Waals surface area contributed by atoms with Crippen LogP contribution >= 0.6 is 0 Å². The first-order valence-corrected chi connectivity index (χ1v) is 10.4. The van der Waals surface area contributed by atoms with Crippen LogP contribution in [-0.4, -0.2) is 8.42 Å². The molecule has 0 spiro atoms. The van der Waals surface area contributed by atoms with Crippen molar-refractivity contribution in [3.63, 3.8) is 0 Å². The molecule has 3 aromatic rings. The molecule has 0 fully saturated rings. The molecule has 3 rings (SSSR count). The average molecular weight is 381 g/mol. The third-order valence-electron chi connectivity index (χ3n) is 4.93. The molecule has 0 aromatic heterocycles. The molecule has 0 saturated heterocycles. The molecule has 27 heavy (non-hydrogen) atoms. The van der Waals surface area contributed by atoms with Crippen LogP contribution in [0.1, 0.15) is 29.7 Å². The van der Waals surface area contributed by atoms with Crippen LogP contribution in [-0.2, 0) is 21.1 Å². The van der Waals surface area contributed by atoms with Crippen molar-refractivity contribution in [3.05, 3.63) is 102 Å². The van der Waals surface area contributed by atoms with Crippen LogP contribution in [0, 0.1) is 0 Å². The van der Waals surface area contributed by atoms with Crippen molar-refractivity contribution in [1.29, 1.82) is 0 Å². The van der Waals surface area contributed by atoms with Gasteiger partial charge in [0.1, 0.15) is 0 Å². The Hall–Kier alpha value is -2.47. The number of benzene rings is 3. The predicted octanol–water partition coefficient (Wildman–Crippen LogP) is 3.53. The Morgan fingerprint density at radius 3 is 1.96 bits per heavy atom. The van der Waals surface area contributed by atoms with Crippen LogP contribution in [0.25, 0.3) is 0 Å². The maximum Gasteiger partial charge on any atom is 0.203 e. The van der Waals surface area contributed by atoms with E-state index in [0.717, 1.165) is 5.56 Å². The summed E-state index contributed by atoms with van der Waals surface area (Å²) in [7, 11) is -3.99. The van der Waals surface area contributed by atoms with Gasteiger partial charge in [0.25, 0.3) is 0 Å². The van der Waals surface area contributed by atoms with Gasteiger partial charge in [-0.3, -0.25) is 0 Å². The molecule has 0 bridgehead atoms. The monoisotopic (exact) mass is 380 g/mol. The summed E-state index contributed by atoms with van der Waals surface area (Å²) in [5.41, 5.74) is 15.1. The Kier molecular flexibility index (Phi) is 5.46. The standard InChI is InChI=1S/C22H24N2O2S/c1-2-17-11-9-10-16-20(17)27(25,26)22(24,19-14-7-4-8-15-19)21(23)18-12-5-3-6-13-18/h3-16,21H,2,23-24H2,1H3. The van der Waals surface area contributed by atoms with E-state index in [9.17, 15) is 8.42 Å². The normalized spacial score (nSPS) is 15.1. The molecule has 0 radical (unpaired) electrons. The summed E-state index contributed by atoms with van der Waals surface area (Å²) in [5, 5.41) is 0. The number of sulfone groups is 1. The van der Waals surface area contributed by atoms with Gasteiger partial charge in [0.15, 0.2) is 4.87 Å². The van der Waals surface area contributed by atoms with E-state index in [0.29, 0.717) is 17.5 Å². The van der Waals surface area contributed by atoms with Crippen LogP contribution in [0.3, 0.4) is 0 Å². The summed E-state index contributed by atoms with van der Waals surface area (Å²) in [6.07, 6.45) is 0.584. The summed E-state index contributed by atoms with van der Waals surface area (Å²) >= 11 is 0. The van der Waals surface area contributed by atoms with Crippen molar-refractivity contribution in [2.45, 2.75) is 29.2 Å². The smallest absolute Gasteiger partial charge is 0.203 e. The molecular weight excluding hydrogens is 356 g/mol. The Morgan fingerprint density at radius 1 is 0.852 bits per heavy atom. The zero-order valence-corrected chi connectivity index (χ0v) is 16.1. The highest BCUT2D eigenvalue weighted by molar-refractivity contribution is 7.92. The van der Waals surface area contributed by atoms with Gasteiger partial charge in [-0.05, 0) is 29.2 Å². The Bertz CT molecular complexity index is 1000. The summed E-state index contributed by atoms with van der Waals surface area (Å²) < 4.78 is 27.7. The van der Waals surface area contributed by atoms with Crippen LogP contribution in [0.4, 0.5) is 0 Å².